The first-order valence-electron chi connectivity index (χ1n) is 9.07. The number of piperidine rings is 1. The standard InChI is InChI=1S/C19H25N3O2S/c1-2-11-20-19(24)14-9-12-22(13-10-14)18(23)8-7-17-21-15-5-3-4-6-16(15)25-17/h3-6,14H,2,7-13H2,1H3,(H,20,24). The summed E-state index contributed by atoms with van der Waals surface area (Å²) in [5.74, 6) is 0.370. The summed E-state index contributed by atoms with van der Waals surface area (Å²) in [6.45, 7) is 4.15. The average molecular weight is 359 g/mol. The number of aromatic nitrogens is 1. The summed E-state index contributed by atoms with van der Waals surface area (Å²) in [4.78, 5) is 30.9. The first kappa shape index (κ1) is 17.9. The molecular formula is C19H25N3O2S. The second kappa shape index (κ2) is 8.43. The number of fused-ring (bicyclic) bond motifs is 1. The van der Waals surface area contributed by atoms with Crippen molar-refractivity contribution >= 4 is 33.4 Å². The molecule has 5 nitrogen and oxygen atoms in total. The molecule has 1 aromatic heterocycles. The average Bonchev–Trinajstić information content (AvgIpc) is 3.07. The van der Waals surface area contributed by atoms with Crippen LogP contribution in [0.15, 0.2) is 24.3 Å². The maximum absolute atomic E-state index is 12.4. The van der Waals surface area contributed by atoms with Crippen LogP contribution in [0, 0.1) is 5.92 Å². The van der Waals surface area contributed by atoms with Gasteiger partial charge in [-0.1, -0.05) is 19.1 Å². The number of carbonyl (C=O) groups excluding carboxylic acids is 2. The molecule has 0 spiro atoms. The largest absolute Gasteiger partial charge is 0.356 e. The number of likely N-dealkylation sites (tertiary alicyclic amines) is 1. The van der Waals surface area contributed by atoms with E-state index >= 15 is 0 Å². The van der Waals surface area contributed by atoms with E-state index in [0.29, 0.717) is 25.9 Å². The van der Waals surface area contributed by atoms with Gasteiger partial charge in [0.25, 0.3) is 0 Å². The molecule has 0 unspecified atom stereocenters. The Morgan fingerprint density at radius 1 is 1.28 bits per heavy atom. The number of benzene rings is 1. The summed E-state index contributed by atoms with van der Waals surface area (Å²) >= 11 is 1.66. The zero-order valence-corrected chi connectivity index (χ0v) is 15.5. The van der Waals surface area contributed by atoms with Crippen LogP contribution in [-0.2, 0) is 16.0 Å². The predicted molar refractivity (Wildman–Crippen MR) is 101 cm³/mol. The Kier molecular flexibility index (Phi) is 6.02. The van der Waals surface area contributed by atoms with E-state index < -0.39 is 0 Å². The zero-order valence-electron chi connectivity index (χ0n) is 14.7. The molecule has 1 N–H and O–H groups in total. The summed E-state index contributed by atoms with van der Waals surface area (Å²) < 4.78 is 1.17. The van der Waals surface area contributed by atoms with Crippen LogP contribution in [0.4, 0.5) is 0 Å². The summed E-state index contributed by atoms with van der Waals surface area (Å²) in [5.41, 5.74) is 1.01. The Hall–Kier alpha value is -1.95. The number of nitrogens with one attached hydrogen (secondary N) is 1. The number of aryl methyl sites for hydroxylation is 1. The minimum Gasteiger partial charge on any atom is -0.356 e. The van der Waals surface area contributed by atoms with Crippen molar-refractivity contribution in [1.82, 2.24) is 15.2 Å². The quantitative estimate of drug-likeness (QED) is 0.862. The van der Waals surface area contributed by atoms with E-state index in [2.05, 4.69) is 16.4 Å². The van der Waals surface area contributed by atoms with E-state index in [1.807, 2.05) is 30.0 Å². The molecule has 6 heteroatoms. The highest BCUT2D eigenvalue weighted by molar-refractivity contribution is 7.18. The molecule has 0 atom stereocenters. The molecule has 1 aliphatic heterocycles. The van der Waals surface area contributed by atoms with Gasteiger partial charge in [-0.2, -0.15) is 0 Å². The van der Waals surface area contributed by atoms with E-state index in [0.717, 1.165) is 36.3 Å². The van der Waals surface area contributed by atoms with Gasteiger partial charge in [-0.25, -0.2) is 4.98 Å². The number of amides is 2. The van der Waals surface area contributed by atoms with Gasteiger partial charge in [0, 0.05) is 38.4 Å². The predicted octanol–water partition coefficient (Wildman–Crippen LogP) is 2.99. The van der Waals surface area contributed by atoms with Crippen molar-refractivity contribution in [1.29, 1.82) is 0 Å². The van der Waals surface area contributed by atoms with Gasteiger partial charge in [0.15, 0.2) is 0 Å². The van der Waals surface area contributed by atoms with Crippen molar-refractivity contribution in [2.24, 2.45) is 5.92 Å². The number of hydrogen-bond donors (Lipinski definition) is 1. The molecule has 1 aliphatic rings. The van der Waals surface area contributed by atoms with Crippen molar-refractivity contribution in [3.8, 4) is 0 Å². The second-order valence-corrected chi connectivity index (χ2v) is 7.64. The van der Waals surface area contributed by atoms with Gasteiger partial charge in [-0.05, 0) is 31.4 Å². The normalized spacial score (nSPS) is 15.5. The van der Waals surface area contributed by atoms with E-state index in [1.165, 1.54) is 4.70 Å². The minimum absolute atomic E-state index is 0.0554. The van der Waals surface area contributed by atoms with Crippen molar-refractivity contribution in [3.05, 3.63) is 29.3 Å². The van der Waals surface area contributed by atoms with Crippen LogP contribution >= 0.6 is 11.3 Å². The molecule has 1 saturated heterocycles. The molecule has 1 aromatic carbocycles. The molecule has 0 aliphatic carbocycles. The van der Waals surface area contributed by atoms with Gasteiger partial charge in [0.1, 0.15) is 0 Å². The molecule has 0 radical (unpaired) electrons. The molecule has 1 fully saturated rings. The lowest BCUT2D eigenvalue weighted by Gasteiger charge is -2.31. The summed E-state index contributed by atoms with van der Waals surface area (Å²) in [5, 5.41) is 3.97. The van der Waals surface area contributed by atoms with Gasteiger partial charge in [-0.15, -0.1) is 11.3 Å². The van der Waals surface area contributed by atoms with Crippen molar-refractivity contribution in [3.63, 3.8) is 0 Å². The first-order valence-corrected chi connectivity index (χ1v) is 9.89. The Balaban J connectivity index is 1.45. The van der Waals surface area contributed by atoms with E-state index in [9.17, 15) is 9.59 Å². The van der Waals surface area contributed by atoms with Gasteiger partial charge in [0.2, 0.25) is 11.8 Å². The Labute approximate surface area is 152 Å². The number of thiazole rings is 1. The highest BCUT2D eigenvalue weighted by Gasteiger charge is 2.26. The van der Waals surface area contributed by atoms with E-state index in [4.69, 9.17) is 0 Å². The monoisotopic (exact) mass is 359 g/mol. The topological polar surface area (TPSA) is 62.3 Å². The van der Waals surface area contributed by atoms with Gasteiger partial charge >= 0.3 is 0 Å². The van der Waals surface area contributed by atoms with Crippen molar-refractivity contribution in [2.45, 2.75) is 39.0 Å². The summed E-state index contributed by atoms with van der Waals surface area (Å²) in [6.07, 6.45) is 3.67. The molecular weight excluding hydrogens is 334 g/mol. The third-order valence-corrected chi connectivity index (χ3v) is 5.75. The number of nitrogens with zero attached hydrogens (tertiary/aromatic N) is 2. The zero-order chi connectivity index (χ0) is 17.6. The van der Waals surface area contributed by atoms with Crippen LogP contribution in [0.3, 0.4) is 0 Å². The van der Waals surface area contributed by atoms with Crippen LogP contribution in [0.2, 0.25) is 0 Å². The fourth-order valence-electron chi connectivity index (χ4n) is 3.18. The molecule has 134 valence electrons. The fraction of sp³-hybridized carbons (Fsp3) is 0.526. The molecule has 25 heavy (non-hydrogen) atoms. The van der Waals surface area contributed by atoms with Gasteiger partial charge < -0.3 is 10.2 Å². The van der Waals surface area contributed by atoms with E-state index in [-0.39, 0.29) is 17.7 Å². The number of para-hydroxylation sites is 1. The van der Waals surface area contributed by atoms with Crippen LogP contribution < -0.4 is 5.32 Å². The van der Waals surface area contributed by atoms with Crippen molar-refractivity contribution in [2.75, 3.05) is 19.6 Å². The van der Waals surface area contributed by atoms with Crippen LogP contribution in [0.1, 0.15) is 37.6 Å². The SMILES string of the molecule is CCCNC(=O)C1CCN(C(=O)CCc2nc3ccccc3s2)CC1. The number of rotatable bonds is 6. The van der Waals surface area contributed by atoms with Gasteiger partial charge in [-0.3, -0.25) is 9.59 Å². The second-order valence-electron chi connectivity index (χ2n) is 6.52. The van der Waals surface area contributed by atoms with Gasteiger partial charge in [0.05, 0.1) is 15.2 Å². The molecule has 2 amide bonds. The smallest absolute Gasteiger partial charge is 0.223 e. The lowest BCUT2D eigenvalue weighted by atomic mass is 9.95. The minimum atomic E-state index is 0.0554. The van der Waals surface area contributed by atoms with Crippen LogP contribution in [0.25, 0.3) is 10.2 Å². The van der Waals surface area contributed by atoms with Crippen molar-refractivity contribution < 1.29 is 9.59 Å². The molecule has 0 saturated carbocycles. The van der Waals surface area contributed by atoms with E-state index in [1.54, 1.807) is 11.3 Å². The highest BCUT2D eigenvalue weighted by Crippen LogP contribution is 2.23. The molecule has 2 aromatic rings. The third-order valence-electron chi connectivity index (χ3n) is 4.66. The maximum Gasteiger partial charge on any atom is 0.223 e. The Morgan fingerprint density at radius 3 is 2.76 bits per heavy atom. The lowest BCUT2D eigenvalue weighted by molar-refractivity contribution is -0.135. The lowest BCUT2D eigenvalue weighted by Crippen LogP contribution is -2.43. The Bertz CT molecular complexity index is 702. The molecule has 2 heterocycles. The third kappa shape index (κ3) is 4.57. The maximum atomic E-state index is 12.4. The Morgan fingerprint density at radius 2 is 2.04 bits per heavy atom. The molecule has 0 bridgehead atoms. The molecule has 3 rings (SSSR count). The highest BCUT2D eigenvalue weighted by atomic mass is 32.1. The number of hydrogen-bond acceptors (Lipinski definition) is 4. The summed E-state index contributed by atoms with van der Waals surface area (Å²) in [6, 6.07) is 8.06. The van der Waals surface area contributed by atoms with Crippen LogP contribution in [-0.4, -0.2) is 41.3 Å². The van der Waals surface area contributed by atoms with Crippen LogP contribution in [0.5, 0.6) is 0 Å². The first-order chi connectivity index (χ1) is 12.2. The summed E-state index contributed by atoms with van der Waals surface area (Å²) in [7, 11) is 0. The number of carbonyl (C=O) groups is 2. The fourth-order valence-corrected chi connectivity index (χ4v) is 4.15.